The third-order valence-corrected chi connectivity index (χ3v) is 4.20. The molecule has 2 aromatic carbocycles. The molecule has 8 heteroatoms. The Bertz CT molecular complexity index is 956. The Labute approximate surface area is 166 Å². The topological polar surface area (TPSA) is 75.5 Å². The Hall–Kier alpha value is -2.61. The van der Waals surface area contributed by atoms with Crippen LogP contribution in [0.25, 0.3) is 11.0 Å². The summed E-state index contributed by atoms with van der Waals surface area (Å²) >= 11 is 11.0. The molecule has 0 bridgehead atoms. The molecule has 0 fully saturated rings. The fourth-order valence-corrected chi connectivity index (χ4v) is 2.79. The van der Waals surface area contributed by atoms with Crippen molar-refractivity contribution in [3.63, 3.8) is 0 Å². The van der Waals surface area contributed by atoms with E-state index in [-0.39, 0.29) is 17.5 Å². The molecule has 0 saturated heterocycles. The first-order chi connectivity index (χ1) is 13.1. The van der Waals surface area contributed by atoms with Gasteiger partial charge in [0.1, 0.15) is 5.58 Å². The Kier molecular flexibility index (Phi) is 6.28. The summed E-state index contributed by atoms with van der Waals surface area (Å²) < 4.78 is 11.2. The number of fused-ring (bicyclic) bond motifs is 1. The number of ether oxygens (including phenoxy) is 1. The zero-order chi connectivity index (χ0) is 19.2. The highest BCUT2D eigenvalue weighted by molar-refractivity contribution is 7.80. The number of halogens is 1. The molecule has 3 N–H and O–H groups in total. The van der Waals surface area contributed by atoms with E-state index in [2.05, 4.69) is 16.2 Å². The average Bonchev–Trinajstić information content (AvgIpc) is 3.05. The summed E-state index contributed by atoms with van der Waals surface area (Å²) in [6.45, 7) is 2.71. The van der Waals surface area contributed by atoms with Crippen LogP contribution in [0.5, 0.6) is 0 Å². The summed E-state index contributed by atoms with van der Waals surface area (Å²) in [5.41, 5.74) is 7.26. The second kappa shape index (κ2) is 8.85. The number of nitrogens with one attached hydrogen (secondary N) is 3. The van der Waals surface area contributed by atoms with Crippen molar-refractivity contribution in [2.45, 2.75) is 13.5 Å². The minimum absolute atomic E-state index is 0.187. The summed E-state index contributed by atoms with van der Waals surface area (Å²) in [5, 5.41) is 4.64. The van der Waals surface area contributed by atoms with Crippen molar-refractivity contribution in [1.29, 1.82) is 0 Å². The van der Waals surface area contributed by atoms with E-state index in [0.29, 0.717) is 22.8 Å². The molecule has 0 aliphatic carbocycles. The van der Waals surface area contributed by atoms with Gasteiger partial charge in [-0.1, -0.05) is 29.8 Å². The fraction of sp³-hybridized carbons (Fsp3) is 0.158. The lowest BCUT2D eigenvalue weighted by Crippen LogP contribution is -2.43. The predicted molar refractivity (Wildman–Crippen MR) is 110 cm³/mol. The van der Waals surface area contributed by atoms with Gasteiger partial charge in [0.2, 0.25) is 0 Å². The molecule has 1 heterocycles. The number of hydrogen-bond acceptors (Lipinski definition) is 4. The molecule has 0 unspecified atom stereocenters. The van der Waals surface area contributed by atoms with Crippen molar-refractivity contribution in [2.24, 2.45) is 0 Å². The largest absolute Gasteiger partial charge is 0.450 e. The Morgan fingerprint density at radius 1 is 1.15 bits per heavy atom. The van der Waals surface area contributed by atoms with E-state index in [1.807, 2.05) is 31.2 Å². The van der Waals surface area contributed by atoms with E-state index >= 15 is 0 Å². The van der Waals surface area contributed by atoms with Gasteiger partial charge in [0, 0.05) is 28.3 Å². The van der Waals surface area contributed by atoms with Crippen LogP contribution in [0, 0.1) is 0 Å². The molecule has 3 rings (SSSR count). The normalized spacial score (nSPS) is 10.6. The highest BCUT2D eigenvalue weighted by Crippen LogP contribution is 2.26. The quantitative estimate of drug-likeness (QED) is 0.436. The van der Waals surface area contributed by atoms with E-state index in [4.69, 9.17) is 33.0 Å². The fourth-order valence-electron chi connectivity index (χ4n) is 2.50. The summed E-state index contributed by atoms with van der Waals surface area (Å²) in [4.78, 5) is 12.6. The summed E-state index contributed by atoms with van der Waals surface area (Å²) in [7, 11) is 0. The zero-order valence-corrected chi connectivity index (χ0v) is 16.1. The number of benzene rings is 2. The van der Waals surface area contributed by atoms with Crippen molar-refractivity contribution < 1.29 is 13.9 Å². The van der Waals surface area contributed by atoms with Gasteiger partial charge < -0.3 is 14.5 Å². The van der Waals surface area contributed by atoms with Crippen LogP contribution < -0.4 is 16.2 Å². The first-order valence-electron chi connectivity index (χ1n) is 8.29. The van der Waals surface area contributed by atoms with Crippen molar-refractivity contribution in [3.05, 3.63) is 64.9 Å². The van der Waals surface area contributed by atoms with Gasteiger partial charge in [-0.2, -0.15) is 0 Å². The number of hydrogen-bond donors (Lipinski definition) is 3. The third kappa shape index (κ3) is 4.77. The summed E-state index contributed by atoms with van der Waals surface area (Å²) in [6.07, 6.45) is 0. The molecule has 1 amide bonds. The molecule has 27 heavy (non-hydrogen) atoms. The third-order valence-electron chi connectivity index (χ3n) is 3.75. The first-order valence-corrected chi connectivity index (χ1v) is 9.08. The van der Waals surface area contributed by atoms with Gasteiger partial charge in [-0.05, 0) is 49.5 Å². The van der Waals surface area contributed by atoms with Gasteiger partial charge in [0.05, 0.1) is 6.61 Å². The molecule has 0 saturated carbocycles. The lowest BCUT2D eigenvalue weighted by atomic mass is 10.1. The van der Waals surface area contributed by atoms with Crippen LogP contribution in [-0.4, -0.2) is 17.6 Å². The number of thiocarbonyl (C=S) groups is 1. The van der Waals surface area contributed by atoms with E-state index in [0.717, 1.165) is 11.1 Å². The van der Waals surface area contributed by atoms with Gasteiger partial charge in [0.25, 0.3) is 0 Å². The molecule has 0 aliphatic heterocycles. The Balaban J connectivity index is 1.68. The van der Waals surface area contributed by atoms with Crippen LogP contribution in [0.3, 0.4) is 0 Å². The maximum Gasteiger partial charge on any atom is 0.305 e. The van der Waals surface area contributed by atoms with Crippen LogP contribution in [0.1, 0.15) is 23.0 Å². The van der Waals surface area contributed by atoms with Crippen molar-refractivity contribution in [3.8, 4) is 0 Å². The molecule has 0 atom stereocenters. The van der Waals surface area contributed by atoms with E-state index < -0.39 is 5.91 Å². The van der Waals surface area contributed by atoms with Crippen LogP contribution in [0.15, 0.2) is 52.9 Å². The van der Waals surface area contributed by atoms with Crippen molar-refractivity contribution >= 4 is 51.5 Å². The number of rotatable bonds is 5. The Morgan fingerprint density at radius 3 is 2.63 bits per heavy atom. The molecular formula is C19H18ClN3O3S. The average molecular weight is 404 g/mol. The SMILES string of the molecule is CCOCc1c(C(=O)NNC(=S)Nc2ccc(Cl)cc2)oc2ccccc12. The van der Waals surface area contributed by atoms with Crippen molar-refractivity contribution in [2.75, 3.05) is 11.9 Å². The van der Waals surface area contributed by atoms with Gasteiger partial charge in [-0.3, -0.25) is 15.6 Å². The second-order valence-electron chi connectivity index (χ2n) is 5.58. The van der Waals surface area contributed by atoms with Crippen molar-refractivity contribution in [1.82, 2.24) is 10.9 Å². The van der Waals surface area contributed by atoms with Gasteiger partial charge >= 0.3 is 5.91 Å². The number of amides is 1. The predicted octanol–water partition coefficient (Wildman–Crippen LogP) is 4.25. The molecular weight excluding hydrogens is 386 g/mol. The minimum Gasteiger partial charge on any atom is -0.450 e. The van der Waals surface area contributed by atoms with Crippen LogP contribution >= 0.6 is 23.8 Å². The summed E-state index contributed by atoms with van der Waals surface area (Å²) in [5.74, 6) is -0.257. The highest BCUT2D eigenvalue weighted by Gasteiger charge is 2.20. The monoisotopic (exact) mass is 403 g/mol. The maximum absolute atomic E-state index is 12.6. The van der Waals surface area contributed by atoms with Crippen LogP contribution in [-0.2, 0) is 11.3 Å². The number of carbonyl (C=O) groups excluding carboxylic acids is 1. The highest BCUT2D eigenvalue weighted by atomic mass is 35.5. The van der Waals surface area contributed by atoms with E-state index in [9.17, 15) is 4.79 Å². The van der Waals surface area contributed by atoms with E-state index in [1.165, 1.54) is 0 Å². The zero-order valence-electron chi connectivity index (χ0n) is 14.5. The number of hydrazine groups is 1. The van der Waals surface area contributed by atoms with Crippen LogP contribution in [0.4, 0.5) is 5.69 Å². The lowest BCUT2D eigenvalue weighted by Gasteiger charge is -2.11. The molecule has 3 aromatic rings. The number of anilines is 1. The smallest absolute Gasteiger partial charge is 0.305 e. The molecule has 140 valence electrons. The summed E-state index contributed by atoms with van der Waals surface area (Å²) in [6, 6.07) is 14.5. The lowest BCUT2D eigenvalue weighted by molar-refractivity contribution is 0.0905. The molecule has 0 aliphatic rings. The first kappa shape index (κ1) is 19.2. The number of para-hydroxylation sites is 1. The number of carbonyl (C=O) groups is 1. The molecule has 0 spiro atoms. The van der Waals surface area contributed by atoms with E-state index in [1.54, 1.807) is 24.3 Å². The standard InChI is InChI=1S/C19H18ClN3O3S/c1-2-25-11-15-14-5-3-4-6-16(14)26-17(15)18(24)22-23-19(27)21-13-9-7-12(20)8-10-13/h3-10H,2,11H2,1H3,(H,22,24)(H2,21,23,27). The number of furan rings is 1. The second-order valence-corrected chi connectivity index (χ2v) is 6.43. The van der Waals surface area contributed by atoms with Gasteiger partial charge in [-0.15, -0.1) is 0 Å². The Morgan fingerprint density at radius 2 is 1.89 bits per heavy atom. The van der Waals surface area contributed by atoms with Gasteiger partial charge in [0.15, 0.2) is 10.9 Å². The van der Waals surface area contributed by atoms with Crippen LogP contribution in [0.2, 0.25) is 5.02 Å². The molecule has 0 radical (unpaired) electrons. The van der Waals surface area contributed by atoms with Gasteiger partial charge in [-0.25, -0.2) is 0 Å². The molecule has 6 nitrogen and oxygen atoms in total. The maximum atomic E-state index is 12.6. The minimum atomic E-state index is -0.443. The molecule has 1 aromatic heterocycles.